The highest BCUT2D eigenvalue weighted by atomic mass is 16.5. The van der Waals surface area contributed by atoms with Crippen LogP contribution in [0.4, 0.5) is 0 Å². The minimum atomic E-state index is 0.166. The summed E-state index contributed by atoms with van der Waals surface area (Å²) in [6, 6.07) is 6.03. The molecule has 106 valence electrons. The number of ether oxygens (including phenoxy) is 1. The van der Waals surface area contributed by atoms with Crippen molar-refractivity contribution in [2.45, 2.75) is 26.3 Å². The van der Waals surface area contributed by atoms with Crippen molar-refractivity contribution in [1.29, 1.82) is 0 Å². The van der Waals surface area contributed by atoms with E-state index in [9.17, 15) is 4.79 Å². The fourth-order valence-electron chi connectivity index (χ4n) is 1.98. The Morgan fingerprint density at radius 3 is 2.79 bits per heavy atom. The quantitative estimate of drug-likeness (QED) is 0.765. The molecule has 0 heterocycles. The second-order valence-corrected chi connectivity index (χ2v) is 4.77. The van der Waals surface area contributed by atoms with Crippen LogP contribution in [0.15, 0.2) is 18.2 Å². The normalized spacial score (nSPS) is 10.3. The molecule has 1 rings (SSSR count). The summed E-state index contributed by atoms with van der Waals surface area (Å²) < 4.78 is 5.33. The summed E-state index contributed by atoms with van der Waals surface area (Å²) in [5.74, 6) is 0.999. The van der Waals surface area contributed by atoms with Crippen LogP contribution in [0.3, 0.4) is 0 Å². The predicted molar refractivity (Wildman–Crippen MR) is 77.4 cm³/mol. The topological polar surface area (TPSA) is 41.6 Å². The molecule has 0 unspecified atom stereocenters. The van der Waals surface area contributed by atoms with E-state index in [-0.39, 0.29) is 5.91 Å². The van der Waals surface area contributed by atoms with Crippen LogP contribution in [0.5, 0.6) is 5.75 Å². The summed E-state index contributed by atoms with van der Waals surface area (Å²) in [4.78, 5) is 13.7. The molecule has 1 aromatic rings. The number of hydrogen-bond acceptors (Lipinski definition) is 3. The minimum absolute atomic E-state index is 0.166. The number of carbonyl (C=O) groups excluding carboxylic acids is 1. The van der Waals surface area contributed by atoms with Gasteiger partial charge < -0.3 is 15.0 Å². The molecule has 0 aliphatic carbocycles. The lowest BCUT2D eigenvalue weighted by Crippen LogP contribution is -2.27. The van der Waals surface area contributed by atoms with E-state index >= 15 is 0 Å². The van der Waals surface area contributed by atoms with Gasteiger partial charge in [-0.25, -0.2) is 0 Å². The Bertz CT molecular complexity index is 419. The molecular formula is C15H24N2O2. The lowest BCUT2D eigenvalue weighted by Gasteiger charge is -2.19. The smallest absolute Gasteiger partial charge is 0.222 e. The highest BCUT2D eigenvalue weighted by Crippen LogP contribution is 2.21. The van der Waals surface area contributed by atoms with Gasteiger partial charge in [-0.1, -0.05) is 17.7 Å². The largest absolute Gasteiger partial charge is 0.496 e. The molecule has 19 heavy (non-hydrogen) atoms. The van der Waals surface area contributed by atoms with Crippen LogP contribution in [0.25, 0.3) is 0 Å². The van der Waals surface area contributed by atoms with Gasteiger partial charge in [-0.2, -0.15) is 0 Å². The van der Waals surface area contributed by atoms with Gasteiger partial charge in [0.2, 0.25) is 5.91 Å². The highest BCUT2D eigenvalue weighted by molar-refractivity contribution is 5.75. The molecule has 1 aromatic carbocycles. The zero-order valence-corrected chi connectivity index (χ0v) is 12.3. The van der Waals surface area contributed by atoms with Crippen LogP contribution in [0, 0.1) is 6.92 Å². The zero-order valence-electron chi connectivity index (χ0n) is 12.3. The average Bonchev–Trinajstić information content (AvgIpc) is 2.39. The van der Waals surface area contributed by atoms with Crippen molar-refractivity contribution in [3.05, 3.63) is 29.3 Å². The van der Waals surface area contributed by atoms with E-state index in [1.807, 2.05) is 33.2 Å². The van der Waals surface area contributed by atoms with E-state index in [1.54, 1.807) is 12.0 Å². The Hall–Kier alpha value is -1.55. The van der Waals surface area contributed by atoms with Gasteiger partial charge in [-0.15, -0.1) is 0 Å². The molecule has 0 aliphatic rings. The standard InChI is InChI=1S/C15H24N2O2/c1-12-7-8-14(19-4)13(10-12)11-17(3)15(18)6-5-9-16-2/h7-8,10,16H,5-6,9,11H2,1-4H3. The lowest BCUT2D eigenvalue weighted by molar-refractivity contribution is -0.130. The molecule has 4 nitrogen and oxygen atoms in total. The van der Waals surface area contributed by atoms with E-state index in [4.69, 9.17) is 4.74 Å². The van der Waals surface area contributed by atoms with Gasteiger partial charge in [0.25, 0.3) is 0 Å². The predicted octanol–water partition coefficient (Wildman–Crippen LogP) is 1.96. The maximum atomic E-state index is 12.0. The first-order valence-electron chi connectivity index (χ1n) is 6.60. The van der Waals surface area contributed by atoms with Crippen LogP contribution in [-0.2, 0) is 11.3 Å². The third-order valence-corrected chi connectivity index (χ3v) is 3.09. The molecule has 1 amide bonds. The van der Waals surface area contributed by atoms with Gasteiger partial charge in [-0.05, 0) is 33.0 Å². The van der Waals surface area contributed by atoms with Crippen LogP contribution in [-0.4, -0.2) is 38.6 Å². The summed E-state index contributed by atoms with van der Waals surface area (Å²) in [5, 5.41) is 3.05. The maximum absolute atomic E-state index is 12.0. The van der Waals surface area contributed by atoms with Gasteiger partial charge in [0.1, 0.15) is 5.75 Å². The van der Waals surface area contributed by atoms with E-state index in [2.05, 4.69) is 11.4 Å². The third kappa shape index (κ3) is 4.91. The average molecular weight is 264 g/mol. The molecule has 0 saturated heterocycles. The Morgan fingerprint density at radius 2 is 2.16 bits per heavy atom. The summed E-state index contributed by atoms with van der Waals surface area (Å²) in [5.41, 5.74) is 2.22. The zero-order chi connectivity index (χ0) is 14.3. The van der Waals surface area contributed by atoms with Gasteiger partial charge in [0.05, 0.1) is 7.11 Å². The van der Waals surface area contributed by atoms with E-state index in [1.165, 1.54) is 5.56 Å². The molecule has 4 heteroatoms. The Morgan fingerprint density at radius 1 is 1.42 bits per heavy atom. The maximum Gasteiger partial charge on any atom is 0.222 e. The molecule has 0 saturated carbocycles. The molecule has 0 fully saturated rings. The number of nitrogens with one attached hydrogen (secondary N) is 1. The van der Waals surface area contributed by atoms with Crippen molar-refractivity contribution in [3.8, 4) is 5.75 Å². The second kappa shape index (κ2) is 7.79. The van der Waals surface area contributed by atoms with Crippen molar-refractivity contribution in [1.82, 2.24) is 10.2 Å². The van der Waals surface area contributed by atoms with Crippen LogP contribution in [0.1, 0.15) is 24.0 Å². The number of benzene rings is 1. The van der Waals surface area contributed by atoms with E-state index in [0.717, 1.165) is 24.3 Å². The van der Waals surface area contributed by atoms with Gasteiger partial charge in [0, 0.05) is 25.6 Å². The van der Waals surface area contributed by atoms with Crippen LogP contribution < -0.4 is 10.1 Å². The number of amides is 1. The first kappa shape index (κ1) is 15.5. The summed E-state index contributed by atoms with van der Waals surface area (Å²) in [7, 11) is 5.39. The molecule has 0 bridgehead atoms. The van der Waals surface area contributed by atoms with Crippen molar-refractivity contribution in [2.75, 3.05) is 27.7 Å². The minimum Gasteiger partial charge on any atom is -0.496 e. The van der Waals surface area contributed by atoms with Crippen molar-refractivity contribution >= 4 is 5.91 Å². The number of hydrogen-bond donors (Lipinski definition) is 1. The Kier molecular flexibility index (Phi) is 6.36. The van der Waals surface area contributed by atoms with E-state index < -0.39 is 0 Å². The summed E-state index contributed by atoms with van der Waals surface area (Å²) >= 11 is 0. The number of nitrogens with zero attached hydrogens (tertiary/aromatic N) is 1. The third-order valence-electron chi connectivity index (χ3n) is 3.09. The number of methoxy groups -OCH3 is 1. The van der Waals surface area contributed by atoms with Crippen LogP contribution in [0.2, 0.25) is 0 Å². The van der Waals surface area contributed by atoms with Gasteiger partial charge >= 0.3 is 0 Å². The second-order valence-electron chi connectivity index (χ2n) is 4.77. The van der Waals surface area contributed by atoms with Gasteiger partial charge in [0.15, 0.2) is 0 Å². The number of carbonyl (C=O) groups is 1. The Balaban J connectivity index is 2.62. The lowest BCUT2D eigenvalue weighted by atomic mass is 10.1. The molecule has 0 aromatic heterocycles. The van der Waals surface area contributed by atoms with Gasteiger partial charge in [-0.3, -0.25) is 4.79 Å². The highest BCUT2D eigenvalue weighted by Gasteiger charge is 2.11. The van der Waals surface area contributed by atoms with Crippen molar-refractivity contribution < 1.29 is 9.53 Å². The SMILES string of the molecule is CNCCCC(=O)N(C)Cc1cc(C)ccc1OC. The van der Waals surface area contributed by atoms with Crippen molar-refractivity contribution in [2.24, 2.45) is 0 Å². The molecular weight excluding hydrogens is 240 g/mol. The van der Waals surface area contributed by atoms with Crippen LogP contribution >= 0.6 is 0 Å². The van der Waals surface area contributed by atoms with E-state index in [0.29, 0.717) is 13.0 Å². The summed E-state index contributed by atoms with van der Waals surface area (Å²) in [6.07, 6.45) is 1.44. The number of rotatable bonds is 7. The Labute approximate surface area is 115 Å². The monoisotopic (exact) mass is 264 g/mol. The van der Waals surface area contributed by atoms with Crippen molar-refractivity contribution in [3.63, 3.8) is 0 Å². The molecule has 0 aliphatic heterocycles. The first-order chi connectivity index (χ1) is 9.08. The summed E-state index contributed by atoms with van der Waals surface area (Å²) in [6.45, 7) is 3.49. The number of aryl methyl sites for hydroxylation is 1. The first-order valence-corrected chi connectivity index (χ1v) is 6.60. The molecule has 1 N–H and O–H groups in total. The molecule has 0 radical (unpaired) electrons. The fourth-order valence-corrected chi connectivity index (χ4v) is 1.98. The molecule has 0 atom stereocenters. The fraction of sp³-hybridized carbons (Fsp3) is 0.533. The molecule has 0 spiro atoms.